The van der Waals surface area contributed by atoms with E-state index in [0.29, 0.717) is 19.7 Å². The van der Waals surface area contributed by atoms with Crippen LogP contribution in [0.2, 0.25) is 0 Å². The van der Waals surface area contributed by atoms with Crippen molar-refractivity contribution in [1.29, 1.82) is 0 Å². The van der Waals surface area contributed by atoms with Crippen LogP contribution < -0.4 is 15.0 Å². The Morgan fingerprint density at radius 2 is 1.87 bits per heavy atom. The second-order valence-electron chi connectivity index (χ2n) is 5.67. The Morgan fingerprint density at radius 1 is 1.09 bits per heavy atom. The highest BCUT2D eigenvalue weighted by atomic mass is 16.5. The summed E-state index contributed by atoms with van der Waals surface area (Å²) in [7, 11) is 0. The molecule has 0 atom stereocenters. The zero-order valence-corrected chi connectivity index (χ0v) is 13.2. The summed E-state index contributed by atoms with van der Waals surface area (Å²) in [6, 6.07) is 18.0. The number of hydrogen-bond acceptors (Lipinski definition) is 3. The smallest absolute Gasteiger partial charge is 0.239 e. The normalized spacial score (nSPS) is 13.3. The highest BCUT2D eigenvalue weighted by Crippen LogP contribution is 2.26. The molecule has 0 bridgehead atoms. The van der Waals surface area contributed by atoms with Gasteiger partial charge < -0.3 is 15.0 Å². The van der Waals surface area contributed by atoms with Crippen LogP contribution in [0.5, 0.6) is 5.75 Å². The van der Waals surface area contributed by atoms with Gasteiger partial charge in [0.1, 0.15) is 12.4 Å². The lowest BCUT2D eigenvalue weighted by molar-refractivity contribution is -0.119. The molecule has 2 aromatic carbocycles. The van der Waals surface area contributed by atoms with Crippen molar-refractivity contribution in [3.63, 3.8) is 0 Å². The maximum Gasteiger partial charge on any atom is 0.239 e. The van der Waals surface area contributed by atoms with E-state index in [-0.39, 0.29) is 5.91 Å². The molecule has 1 N–H and O–H groups in total. The van der Waals surface area contributed by atoms with Crippen LogP contribution in [0.3, 0.4) is 0 Å². The van der Waals surface area contributed by atoms with E-state index in [1.807, 2.05) is 36.4 Å². The predicted molar refractivity (Wildman–Crippen MR) is 91.9 cm³/mol. The van der Waals surface area contributed by atoms with Gasteiger partial charge in [-0.15, -0.1) is 0 Å². The lowest BCUT2D eigenvalue weighted by Gasteiger charge is -2.30. The summed E-state index contributed by atoms with van der Waals surface area (Å²) in [5, 5.41) is 2.93. The van der Waals surface area contributed by atoms with Crippen molar-refractivity contribution in [2.75, 3.05) is 31.1 Å². The second-order valence-corrected chi connectivity index (χ2v) is 5.67. The van der Waals surface area contributed by atoms with Crippen LogP contribution in [0.15, 0.2) is 54.6 Å². The van der Waals surface area contributed by atoms with Crippen molar-refractivity contribution < 1.29 is 9.53 Å². The summed E-state index contributed by atoms with van der Waals surface area (Å²) in [5.74, 6) is 0.866. The number of rotatable bonds is 6. The standard InChI is InChI=1S/C19H22N2O2/c22-19(20-12-14-23-17-9-2-1-3-10-17)15-21-13-6-8-16-7-4-5-11-18(16)21/h1-5,7,9-11H,6,8,12-15H2,(H,20,22). The molecule has 1 amide bonds. The summed E-state index contributed by atoms with van der Waals surface area (Å²) in [6.07, 6.45) is 2.20. The average Bonchev–Trinajstić information content (AvgIpc) is 2.60. The average molecular weight is 310 g/mol. The van der Waals surface area contributed by atoms with E-state index in [1.54, 1.807) is 0 Å². The Labute approximate surface area is 137 Å². The van der Waals surface area contributed by atoms with Crippen LogP contribution in [0.25, 0.3) is 0 Å². The lowest BCUT2D eigenvalue weighted by atomic mass is 10.0. The van der Waals surface area contributed by atoms with Gasteiger partial charge >= 0.3 is 0 Å². The molecular weight excluding hydrogens is 288 g/mol. The van der Waals surface area contributed by atoms with Gasteiger partial charge in [-0.3, -0.25) is 4.79 Å². The van der Waals surface area contributed by atoms with E-state index in [4.69, 9.17) is 4.74 Å². The Balaban J connectivity index is 1.43. The van der Waals surface area contributed by atoms with Gasteiger partial charge in [-0.05, 0) is 36.6 Å². The number of benzene rings is 2. The van der Waals surface area contributed by atoms with E-state index in [2.05, 4.69) is 28.4 Å². The molecule has 4 nitrogen and oxygen atoms in total. The van der Waals surface area contributed by atoms with Crippen LogP contribution in [0.4, 0.5) is 5.69 Å². The Hall–Kier alpha value is -2.49. The van der Waals surface area contributed by atoms with Crippen LogP contribution in [-0.4, -0.2) is 32.1 Å². The number of para-hydroxylation sites is 2. The fourth-order valence-electron chi connectivity index (χ4n) is 2.88. The molecule has 120 valence electrons. The molecule has 0 saturated carbocycles. The van der Waals surface area contributed by atoms with Gasteiger partial charge in [0, 0.05) is 12.2 Å². The number of aryl methyl sites for hydroxylation is 1. The number of nitrogens with zero attached hydrogens (tertiary/aromatic N) is 1. The number of carbonyl (C=O) groups excluding carboxylic acids is 1. The van der Waals surface area contributed by atoms with E-state index in [9.17, 15) is 4.79 Å². The van der Waals surface area contributed by atoms with Crippen molar-refractivity contribution in [2.45, 2.75) is 12.8 Å². The SMILES string of the molecule is O=C(CN1CCCc2ccccc21)NCCOc1ccccc1. The van der Waals surface area contributed by atoms with Crippen LogP contribution in [0, 0.1) is 0 Å². The van der Waals surface area contributed by atoms with Crippen LogP contribution in [-0.2, 0) is 11.2 Å². The lowest BCUT2D eigenvalue weighted by Crippen LogP contribution is -2.40. The first-order chi connectivity index (χ1) is 11.3. The topological polar surface area (TPSA) is 41.6 Å². The minimum absolute atomic E-state index is 0.0402. The maximum atomic E-state index is 12.1. The number of hydrogen-bond donors (Lipinski definition) is 1. The summed E-state index contributed by atoms with van der Waals surface area (Å²) in [5.41, 5.74) is 2.52. The Bertz CT molecular complexity index is 643. The second kappa shape index (κ2) is 7.68. The number of ether oxygens (including phenoxy) is 1. The molecule has 2 aromatic rings. The molecule has 1 heterocycles. The fraction of sp³-hybridized carbons (Fsp3) is 0.316. The van der Waals surface area contributed by atoms with Crippen molar-refractivity contribution in [2.24, 2.45) is 0 Å². The van der Waals surface area contributed by atoms with E-state index in [1.165, 1.54) is 11.3 Å². The summed E-state index contributed by atoms with van der Waals surface area (Å²) >= 11 is 0. The zero-order chi connectivity index (χ0) is 15.9. The quantitative estimate of drug-likeness (QED) is 0.834. The van der Waals surface area contributed by atoms with Crippen molar-refractivity contribution in [3.8, 4) is 5.75 Å². The predicted octanol–water partition coefficient (Wildman–Crippen LogP) is 2.63. The molecule has 0 spiro atoms. The van der Waals surface area contributed by atoms with Gasteiger partial charge in [0.25, 0.3) is 0 Å². The van der Waals surface area contributed by atoms with E-state index in [0.717, 1.165) is 25.1 Å². The highest BCUT2D eigenvalue weighted by molar-refractivity contribution is 5.81. The maximum absolute atomic E-state index is 12.1. The molecular formula is C19H22N2O2. The molecule has 23 heavy (non-hydrogen) atoms. The molecule has 0 fully saturated rings. The van der Waals surface area contributed by atoms with Crippen LogP contribution in [0.1, 0.15) is 12.0 Å². The molecule has 1 aliphatic rings. The number of nitrogens with one attached hydrogen (secondary N) is 1. The summed E-state index contributed by atoms with van der Waals surface area (Å²) in [4.78, 5) is 14.3. The minimum atomic E-state index is 0.0402. The first kappa shape index (κ1) is 15.4. The third-order valence-corrected chi connectivity index (χ3v) is 3.98. The Kier molecular flexibility index (Phi) is 5.14. The molecule has 1 aliphatic heterocycles. The van der Waals surface area contributed by atoms with Gasteiger partial charge in [0.15, 0.2) is 0 Å². The molecule has 0 unspecified atom stereocenters. The summed E-state index contributed by atoms with van der Waals surface area (Å²) in [6.45, 7) is 2.34. The highest BCUT2D eigenvalue weighted by Gasteiger charge is 2.18. The Morgan fingerprint density at radius 3 is 2.74 bits per heavy atom. The van der Waals surface area contributed by atoms with E-state index < -0.39 is 0 Å². The first-order valence-corrected chi connectivity index (χ1v) is 8.10. The van der Waals surface area contributed by atoms with Crippen LogP contribution >= 0.6 is 0 Å². The number of amides is 1. The first-order valence-electron chi connectivity index (χ1n) is 8.10. The van der Waals surface area contributed by atoms with E-state index >= 15 is 0 Å². The fourth-order valence-corrected chi connectivity index (χ4v) is 2.88. The van der Waals surface area contributed by atoms with Gasteiger partial charge in [-0.2, -0.15) is 0 Å². The van der Waals surface area contributed by atoms with Gasteiger partial charge in [0.05, 0.1) is 13.1 Å². The third kappa shape index (κ3) is 4.25. The molecule has 0 radical (unpaired) electrons. The largest absolute Gasteiger partial charge is 0.492 e. The number of carbonyl (C=O) groups is 1. The molecule has 3 rings (SSSR count). The molecule has 0 saturated heterocycles. The number of anilines is 1. The van der Waals surface area contributed by atoms with Gasteiger partial charge in [-0.1, -0.05) is 36.4 Å². The minimum Gasteiger partial charge on any atom is -0.492 e. The van der Waals surface area contributed by atoms with Gasteiger partial charge in [-0.25, -0.2) is 0 Å². The van der Waals surface area contributed by atoms with Crippen molar-refractivity contribution >= 4 is 11.6 Å². The third-order valence-electron chi connectivity index (χ3n) is 3.98. The van der Waals surface area contributed by atoms with Crippen molar-refractivity contribution in [1.82, 2.24) is 5.32 Å². The molecule has 0 aromatic heterocycles. The monoisotopic (exact) mass is 310 g/mol. The molecule has 4 heteroatoms. The zero-order valence-electron chi connectivity index (χ0n) is 13.2. The summed E-state index contributed by atoms with van der Waals surface area (Å²) < 4.78 is 5.57. The van der Waals surface area contributed by atoms with Gasteiger partial charge in [0.2, 0.25) is 5.91 Å². The number of fused-ring (bicyclic) bond motifs is 1. The molecule has 0 aliphatic carbocycles. The van der Waals surface area contributed by atoms with Crippen molar-refractivity contribution in [3.05, 3.63) is 60.2 Å².